The molecule has 1 atom stereocenters. The fourth-order valence-corrected chi connectivity index (χ4v) is 3.90. The number of rotatable bonds is 5. The van der Waals surface area contributed by atoms with Gasteiger partial charge < -0.3 is 10.6 Å². The summed E-state index contributed by atoms with van der Waals surface area (Å²) in [5.74, 6) is -0.269. The summed E-state index contributed by atoms with van der Waals surface area (Å²) >= 11 is 0. The zero-order valence-corrected chi connectivity index (χ0v) is 16.4. The number of imide groups is 1. The number of hydrogen-bond acceptors (Lipinski definition) is 3. The zero-order valence-electron chi connectivity index (χ0n) is 16.4. The molecule has 2 fully saturated rings. The van der Waals surface area contributed by atoms with Gasteiger partial charge in [0.2, 0.25) is 5.91 Å². The molecule has 2 aliphatic rings. The van der Waals surface area contributed by atoms with E-state index >= 15 is 0 Å². The summed E-state index contributed by atoms with van der Waals surface area (Å²) in [7, 11) is 0. The Morgan fingerprint density at radius 1 is 1.19 bits per heavy atom. The van der Waals surface area contributed by atoms with Gasteiger partial charge in [0.05, 0.1) is 0 Å². The molecule has 27 heavy (non-hydrogen) atoms. The van der Waals surface area contributed by atoms with Crippen molar-refractivity contribution in [3.8, 4) is 0 Å². The molecule has 1 saturated carbocycles. The first-order valence-electron chi connectivity index (χ1n) is 9.85. The molecule has 3 rings (SSSR count). The lowest BCUT2D eigenvalue weighted by molar-refractivity contribution is -0.135. The summed E-state index contributed by atoms with van der Waals surface area (Å²) < 4.78 is 0. The largest absolute Gasteiger partial charge is 0.352 e. The van der Waals surface area contributed by atoms with Crippen molar-refractivity contribution in [3.63, 3.8) is 0 Å². The smallest absolute Gasteiger partial charge is 0.325 e. The van der Waals surface area contributed by atoms with E-state index in [1.807, 2.05) is 24.3 Å². The maximum absolute atomic E-state index is 12.9. The summed E-state index contributed by atoms with van der Waals surface area (Å²) in [5, 5.41) is 5.72. The number of nitrogens with zero attached hydrogens (tertiary/aromatic N) is 1. The van der Waals surface area contributed by atoms with E-state index in [0.717, 1.165) is 36.1 Å². The highest BCUT2D eigenvalue weighted by atomic mass is 16.2. The van der Waals surface area contributed by atoms with Crippen LogP contribution in [0.25, 0.3) is 0 Å². The van der Waals surface area contributed by atoms with E-state index in [2.05, 4.69) is 24.5 Å². The fourth-order valence-electron chi connectivity index (χ4n) is 3.90. The standard InChI is InChI=1S/C21H29N3O3/c1-14(2)15-9-11-16(12-10-15)21(3)19(26)24(20(27)23-21)13-18(25)22-17-7-5-4-6-8-17/h9-12,14,17H,4-8,13H2,1-3H3,(H,22,25)(H,23,27)/t21-/m1/s1. The lowest BCUT2D eigenvalue weighted by Gasteiger charge is -2.24. The molecule has 0 bridgehead atoms. The number of urea groups is 1. The summed E-state index contributed by atoms with van der Waals surface area (Å²) in [6.45, 7) is 5.66. The van der Waals surface area contributed by atoms with Crippen LogP contribution in [0.4, 0.5) is 4.79 Å². The van der Waals surface area contributed by atoms with Crippen LogP contribution in [0.15, 0.2) is 24.3 Å². The maximum atomic E-state index is 12.9. The average molecular weight is 371 g/mol. The Labute approximate surface area is 160 Å². The Hall–Kier alpha value is -2.37. The van der Waals surface area contributed by atoms with Crippen molar-refractivity contribution >= 4 is 17.8 Å². The Kier molecular flexibility index (Phi) is 5.53. The first-order chi connectivity index (χ1) is 12.8. The Bertz CT molecular complexity index is 723. The molecule has 0 spiro atoms. The van der Waals surface area contributed by atoms with Crippen LogP contribution in [0.1, 0.15) is 69.9 Å². The molecule has 1 aromatic rings. The normalized spacial score (nSPS) is 23.6. The van der Waals surface area contributed by atoms with Crippen LogP contribution in [0.5, 0.6) is 0 Å². The number of carbonyl (C=O) groups is 3. The Morgan fingerprint density at radius 2 is 1.81 bits per heavy atom. The van der Waals surface area contributed by atoms with Gasteiger partial charge in [0.1, 0.15) is 12.1 Å². The lowest BCUT2D eigenvalue weighted by atomic mass is 9.90. The molecule has 1 aliphatic carbocycles. The monoisotopic (exact) mass is 371 g/mol. The van der Waals surface area contributed by atoms with Crippen molar-refractivity contribution in [2.24, 2.45) is 0 Å². The molecule has 6 nitrogen and oxygen atoms in total. The minimum Gasteiger partial charge on any atom is -0.352 e. The molecule has 0 aromatic heterocycles. The minimum atomic E-state index is -1.14. The van der Waals surface area contributed by atoms with Gasteiger partial charge in [0.15, 0.2) is 0 Å². The van der Waals surface area contributed by atoms with Crippen molar-refractivity contribution in [1.29, 1.82) is 0 Å². The second-order valence-corrected chi connectivity index (χ2v) is 8.13. The summed E-state index contributed by atoms with van der Waals surface area (Å²) in [6, 6.07) is 7.33. The molecular formula is C21H29N3O3. The third kappa shape index (κ3) is 3.99. The number of benzene rings is 1. The number of hydrogen-bond donors (Lipinski definition) is 2. The summed E-state index contributed by atoms with van der Waals surface area (Å²) in [4.78, 5) is 38.7. The van der Waals surface area contributed by atoms with Crippen LogP contribution in [0, 0.1) is 0 Å². The van der Waals surface area contributed by atoms with Crippen molar-refractivity contribution in [2.75, 3.05) is 6.54 Å². The molecule has 1 aliphatic heterocycles. The van der Waals surface area contributed by atoms with Crippen LogP contribution in [0.2, 0.25) is 0 Å². The summed E-state index contributed by atoms with van der Waals surface area (Å²) in [5.41, 5.74) is 0.751. The van der Waals surface area contributed by atoms with E-state index in [0.29, 0.717) is 5.92 Å². The van der Waals surface area contributed by atoms with Gasteiger partial charge in [0.25, 0.3) is 5.91 Å². The Balaban J connectivity index is 1.69. The SMILES string of the molecule is CC(C)c1ccc([C@@]2(C)NC(=O)N(CC(=O)NC3CCCCC3)C2=O)cc1. The lowest BCUT2D eigenvalue weighted by Crippen LogP contribution is -2.45. The maximum Gasteiger partial charge on any atom is 0.325 e. The van der Waals surface area contributed by atoms with E-state index in [4.69, 9.17) is 0 Å². The van der Waals surface area contributed by atoms with Crippen molar-refractivity contribution in [1.82, 2.24) is 15.5 Å². The third-order valence-electron chi connectivity index (χ3n) is 5.70. The van der Waals surface area contributed by atoms with Crippen molar-refractivity contribution < 1.29 is 14.4 Å². The molecule has 1 heterocycles. The minimum absolute atomic E-state index is 0.155. The van der Waals surface area contributed by atoms with E-state index < -0.39 is 11.6 Å². The highest BCUT2D eigenvalue weighted by molar-refractivity contribution is 6.09. The second-order valence-electron chi connectivity index (χ2n) is 8.13. The second kappa shape index (κ2) is 7.71. The van der Waals surface area contributed by atoms with E-state index in [1.165, 1.54) is 12.0 Å². The first-order valence-corrected chi connectivity index (χ1v) is 9.85. The van der Waals surface area contributed by atoms with Gasteiger partial charge >= 0.3 is 6.03 Å². The van der Waals surface area contributed by atoms with Gasteiger partial charge in [-0.2, -0.15) is 0 Å². The Morgan fingerprint density at radius 3 is 2.41 bits per heavy atom. The summed E-state index contributed by atoms with van der Waals surface area (Å²) in [6.07, 6.45) is 5.35. The van der Waals surface area contributed by atoms with E-state index in [1.54, 1.807) is 6.92 Å². The molecule has 4 amide bonds. The van der Waals surface area contributed by atoms with Crippen LogP contribution < -0.4 is 10.6 Å². The topological polar surface area (TPSA) is 78.5 Å². The highest BCUT2D eigenvalue weighted by Gasteiger charge is 2.49. The molecule has 146 valence electrons. The highest BCUT2D eigenvalue weighted by Crippen LogP contribution is 2.30. The van der Waals surface area contributed by atoms with Crippen LogP contribution >= 0.6 is 0 Å². The molecule has 0 radical (unpaired) electrons. The van der Waals surface area contributed by atoms with Crippen molar-refractivity contribution in [2.45, 2.75) is 70.4 Å². The quantitative estimate of drug-likeness (QED) is 0.781. The molecular weight excluding hydrogens is 342 g/mol. The zero-order chi connectivity index (χ0) is 19.6. The fraction of sp³-hybridized carbons (Fsp3) is 0.571. The number of carbonyl (C=O) groups excluding carboxylic acids is 3. The number of nitrogens with one attached hydrogen (secondary N) is 2. The van der Waals surface area contributed by atoms with Crippen LogP contribution in [0.3, 0.4) is 0 Å². The van der Waals surface area contributed by atoms with Gasteiger partial charge in [-0.25, -0.2) is 4.79 Å². The molecule has 2 N–H and O–H groups in total. The predicted molar refractivity (Wildman–Crippen MR) is 103 cm³/mol. The molecule has 6 heteroatoms. The van der Waals surface area contributed by atoms with Gasteiger partial charge in [-0.15, -0.1) is 0 Å². The van der Waals surface area contributed by atoms with Gasteiger partial charge in [0, 0.05) is 6.04 Å². The molecule has 0 unspecified atom stereocenters. The van der Waals surface area contributed by atoms with Crippen LogP contribution in [-0.4, -0.2) is 35.3 Å². The molecule has 1 saturated heterocycles. The van der Waals surface area contributed by atoms with E-state index in [-0.39, 0.29) is 24.4 Å². The van der Waals surface area contributed by atoms with Crippen LogP contribution in [-0.2, 0) is 15.1 Å². The first kappa shape index (κ1) is 19.4. The van der Waals surface area contributed by atoms with E-state index in [9.17, 15) is 14.4 Å². The van der Waals surface area contributed by atoms with Crippen molar-refractivity contribution in [3.05, 3.63) is 35.4 Å². The van der Waals surface area contributed by atoms with Gasteiger partial charge in [-0.1, -0.05) is 57.4 Å². The molecule has 1 aromatic carbocycles. The van der Waals surface area contributed by atoms with Gasteiger partial charge in [-0.05, 0) is 36.8 Å². The predicted octanol–water partition coefficient (Wildman–Crippen LogP) is 3.03. The van der Waals surface area contributed by atoms with Gasteiger partial charge in [-0.3, -0.25) is 14.5 Å². The third-order valence-corrected chi connectivity index (χ3v) is 5.70. The average Bonchev–Trinajstić information content (AvgIpc) is 2.86. The number of amides is 4.